The van der Waals surface area contributed by atoms with Crippen LogP contribution in [0.3, 0.4) is 0 Å². The Kier molecular flexibility index (Phi) is 10.2. The fraction of sp³-hybridized carbons (Fsp3) is 0.303. The molecule has 2 unspecified atom stereocenters. The van der Waals surface area contributed by atoms with E-state index in [4.69, 9.17) is 4.74 Å². The number of carbonyl (C=O) groups excluding carboxylic acids is 1. The van der Waals surface area contributed by atoms with E-state index < -0.39 is 29.8 Å². The number of aromatic nitrogens is 2. The third-order valence-corrected chi connectivity index (χ3v) is 8.62. The Balaban J connectivity index is 1.68. The van der Waals surface area contributed by atoms with Crippen molar-refractivity contribution in [3.8, 4) is 16.9 Å². The number of nitrogens with zero attached hydrogens (tertiary/aromatic N) is 2. The maximum atomic E-state index is 13.8. The van der Waals surface area contributed by atoms with E-state index in [-0.39, 0.29) is 28.5 Å². The number of thioether (sulfide) groups is 1. The van der Waals surface area contributed by atoms with E-state index in [0.29, 0.717) is 23.4 Å². The summed E-state index contributed by atoms with van der Waals surface area (Å²) >= 11 is 1.56. The maximum absolute atomic E-state index is 13.8. The van der Waals surface area contributed by atoms with Crippen molar-refractivity contribution in [3.05, 3.63) is 108 Å². The van der Waals surface area contributed by atoms with E-state index in [1.165, 1.54) is 24.3 Å². The minimum Gasteiger partial charge on any atom is -0.484 e. The molecule has 0 fully saturated rings. The SMILES string of the molecule is CSC(C[C@H](NC(=O)c1ccc(OC(Cn2ccnc2)c2ccc(F)cc2)cc1-c1ccc(F)cc1)C(=O)O)C(C)(C)C. The van der Waals surface area contributed by atoms with Gasteiger partial charge in [-0.2, -0.15) is 11.8 Å². The number of hydrogen-bond donors (Lipinski definition) is 2. The van der Waals surface area contributed by atoms with Crippen molar-refractivity contribution >= 4 is 23.6 Å². The number of hydrogen-bond acceptors (Lipinski definition) is 5. The molecule has 226 valence electrons. The number of benzene rings is 3. The highest BCUT2D eigenvalue weighted by atomic mass is 32.2. The second-order valence-electron chi connectivity index (χ2n) is 11.3. The van der Waals surface area contributed by atoms with Crippen LogP contribution in [0.15, 0.2) is 85.5 Å². The highest BCUT2D eigenvalue weighted by Gasteiger charge is 2.31. The molecule has 0 aliphatic carbocycles. The summed E-state index contributed by atoms with van der Waals surface area (Å²) < 4.78 is 35.7. The highest BCUT2D eigenvalue weighted by Crippen LogP contribution is 2.34. The molecule has 0 aliphatic rings. The smallest absolute Gasteiger partial charge is 0.326 e. The van der Waals surface area contributed by atoms with E-state index in [1.807, 2.05) is 31.6 Å². The quantitative estimate of drug-likeness (QED) is 0.180. The number of rotatable bonds is 12. The average molecular weight is 608 g/mol. The normalized spacial score (nSPS) is 13.6. The van der Waals surface area contributed by atoms with Gasteiger partial charge in [-0.1, -0.05) is 45.0 Å². The monoisotopic (exact) mass is 607 g/mol. The van der Waals surface area contributed by atoms with Crippen LogP contribution in [0, 0.1) is 17.0 Å². The lowest BCUT2D eigenvalue weighted by Crippen LogP contribution is -2.44. The first kappa shape index (κ1) is 31.7. The molecule has 1 aromatic heterocycles. The van der Waals surface area contributed by atoms with Crippen LogP contribution in [0.2, 0.25) is 0 Å². The van der Waals surface area contributed by atoms with Crippen molar-refractivity contribution < 1.29 is 28.2 Å². The van der Waals surface area contributed by atoms with Crippen LogP contribution in [0.4, 0.5) is 8.78 Å². The Morgan fingerprint density at radius 3 is 2.23 bits per heavy atom. The van der Waals surface area contributed by atoms with Crippen LogP contribution in [0.25, 0.3) is 11.1 Å². The zero-order chi connectivity index (χ0) is 31.1. The summed E-state index contributed by atoms with van der Waals surface area (Å²) in [4.78, 5) is 29.9. The van der Waals surface area contributed by atoms with E-state index in [1.54, 1.807) is 72.9 Å². The minimum absolute atomic E-state index is 0.0138. The zero-order valence-electron chi connectivity index (χ0n) is 24.5. The molecule has 4 aromatic rings. The number of nitrogens with one attached hydrogen (secondary N) is 1. The largest absolute Gasteiger partial charge is 0.484 e. The highest BCUT2D eigenvalue weighted by molar-refractivity contribution is 7.99. The van der Waals surface area contributed by atoms with Gasteiger partial charge in [-0.25, -0.2) is 18.6 Å². The van der Waals surface area contributed by atoms with Gasteiger partial charge in [0.05, 0.1) is 12.9 Å². The van der Waals surface area contributed by atoms with Crippen molar-refractivity contribution in [2.45, 2.75) is 51.1 Å². The maximum Gasteiger partial charge on any atom is 0.326 e. The first-order chi connectivity index (χ1) is 20.4. The van der Waals surface area contributed by atoms with Crippen LogP contribution in [0.5, 0.6) is 5.75 Å². The lowest BCUT2D eigenvalue weighted by Gasteiger charge is -2.31. The first-order valence-corrected chi connectivity index (χ1v) is 15.1. The molecule has 1 heterocycles. The summed E-state index contributed by atoms with van der Waals surface area (Å²) in [6.07, 6.45) is 6.72. The summed E-state index contributed by atoms with van der Waals surface area (Å²) in [5, 5.41) is 12.6. The number of amides is 1. The van der Waals surface area contributed by atoms with E-state index in [9.17, 15) is 23.5 Å². The van der Waals surface area contributed by atoms with E-state index in [2.05, 4.69) is 10.3 Å². The van der Waals surface area contributed by atoms with Crippen molar-refractivity contribution in [2.24, 2.45) is 5.41 Å². The van der Waals surface area contributed by atoms with Gasteiger partial charge < -0.3 is 19.7 Å². The standard InChI is InChI=1S/C33H35F2N3O4S/c1-33(2,3)30(43-4)18-28(32(40)41)37-31(39)26-14-13-25(17-27(26)21-5-9-23(34)10-6-21)42-29(19-38-16-15-36-20-38)22-7-11-24(35)12-8-22/h5-17,20,28-30H,18-19H2,1-4H3,(H,37,39)(H,40,41)/t28-,29?,30?/m0/s1. The molecule has 3 atom stereocenters. The van der Waals surface area contributed by atoms with Gasteiger partial charge in [0.15, 0.2) is 0 Å². The van der Waals surface area contributed by atoms with Crippen molar-refractivity contribution in [1.29, 1.82) is 0 Å². The van der Waals surface area contributed by atoms with Gasteiger partial charge in [0.25, 0.3) is 5.91 Å². The Bertz CT molecular complexity index is 1520. The van der Waals surface area contributed by atoms with Crippen molar-refractivity contribution in [1.82, 2.24) is 14.9 Å². The fourth-order valence-corrected chi connectivity index (χ4v) is 5.87. The van der Waals surface area contributed by atoms with Gasteiger partial charge >= 0.3 is 5.97 Å². The number of aliphatic carboxylic acids is 1. The molecule has 0 saturated carbocycles. The van der Waals surface area contributed by atoms with Crippen LogP contribution in [-0.2, 0) is 11.3 Å². The lowest BCUT2D eigenvalue weighted by molar-refractivity contribution is -0.139. The lowest BCUT2D eigenvalue weighted by atomic mass is 9.87. The van der Waals surface area contributed by atoms with Gasteiger partial charge in [-0.05, 0) is 77.2 Å². The number of imidazole rings is 1. The van der Waals surface area contributed by atoms with Gasteiger partial charge in [-0.15, -0.1) is 0 Å². The molecule has 0 spiro atoms. The summed E-state index contributed by atoms with van der Waals surface area (Å²) in [5.74, 6) is -2.09. The molecule has 7 nitrogen and oxygen atoms in total. The minimum atomic E-state index is -1.12. The third-order valence-electron chi connectivity index (χ3n) is 7.15. The first-order valence-electron chi connectivity index (χ1n) is 13.8. The molecule has 3 aromatic carbocycles. The Labute approximate surface area is 254 Å². The summed E-state index contributed by atoms with van der Waals surface area (Å²) in [5.41, 5.74) is 1.76. The average Bonchev–Trinajstić information content (AvgIpc) is 3.48. The third kappa shape index (κ3) is 8.44. The molecule has 43 heavy (non-hydrogen) atoms. The predicted molar refractivity (Wildman–Crippen MR) is 164 cm³/mol. The number of carbonyl (C=O) groups is 2. The van der Waals surface area contributed by atoms with Gasteiger partial charge in [0.1, 0.15) is 29.5 Å². The van der Waals surface area contributed by atoms with Gasteiger partial charge in [0, 0.05) is 23.2 Å². The molecule has 0 aliphatic heterocycles. The molecular formula is C33H35F2N3O4S. The molecule has 0 radical (unpaired) electrons. The fourth-order valence-electron chi connectivity index (χ4n) is 4.78. The summed E-state index contributed by atoms with van der Waals surface area (Å²) in [6, 6.07) is 15.4. The topological polar surface area (TPSA) is 93.5 Å². The number of carboxylic acids is 1. The number of halogens is 2. The van der Waals surface area contributed by atoms with Crippen LogP contribution < -0.4 is 10.1 Å². The molecule has 2 N–H and O–H groups in total. The molecule has 1 amide bonds. The second-order valence-corrected chi connectivity index (χ2v) is 12.4. The van der Waals surface area contributed by atoms with E-state index >= 15 is 0 Å². The molecule has 0 bridgehead atoms. The molecule has 10 heteroatoms. The Morgan fingerprint density at radius 2 is 1.67 bits per heavy atom. The number of carboxylic acid groups (broad SMARTS) is 1. The van der Waals surface area contributed by atoms with Gasteiger partial charge in [-0.3, -0.25) is 4.79 Å². The van der Waals surface area contributed by atoms with Gasteiger partial charge in [0.2, 0.25) is 0 Å². The summed E-state index contributed by atoms with van der Waals surface area (Å²) in [6.45, 7) is 6.48. The molecule has 4 rings (SSSR count). The van der Waals surface area contributed by atoms with Crippen LogP contribution in [0.1, 0.15) is 49.2 Å². The molecular weight excluding hydrogens is 572 g/mol. The Morgan fingerprint density at radius 1 is 1.02 bits per heavy atom. The van der Waals surface area contributed by atoms with E-state index in [0.717, 1.165) is 5.56 Å². The van der Waals surface area contributed by atoms with Crippen LogP contribution in [-0.4, -0.2) is 44.1 Å². The zero-order valence-corrected chi connectivity index (χ0v) is 25.3. The van der Waals surface area contributed by atoms with Crippen LogP contribution >= 0.6 is 11.8 Å². The molecule has 0 saturated heterocycles. The second kappa shape index (κ2) is 13.9. The summed E-state index contributed by atoms with van der Waals surface area (Å²) in [7, 11) is 0. The predicted octanol–water partition coefficient (Wildman–Crippen LogP) is 7.00. The number of ether oxygens (including phenoxy) is 1. The van der Waals surface area contributed by atoms with Crippen molar-refractivity contribution in [3.63, 3.8) is 0 Å². The van der Waals surface area contributed by atoms with Crippen molar-refractivity contribution in [2.75, 3.05) is 6.26 Å². The Hall–Kier alpha value is -4.18.